The Kier molecular flexibility index (Phi) is 3.12. The Morgan fingerprint density at radius 1 is 1.44 bits per heavy atom. The van der Waals surface area contributed by atoms with Gasteiger partial charge in [-0.2, -0.15) is 0 Å². The quantitative estimate of drug-likeness (QED) is 0.837. The summed E-state index contributed by atoms with van der Waals surface area (Å²) >= 11 is 6.88. The van der Waals surface area contributed by atoms with Gasteiger partial charge in [0, 0.05) is 0 Å². The molecule has 0 aliphatic carbocycles. The van der Waals surface area contributed by atoms with E-state index >= 15 is 0 Å². The lowest BCUT2D eigenvalue weighted by Crippen LogP contribution is -2.11. The van der Waals surface area contributed by atoms with Crippen LogP contribution in [0.1, 0.15) is 11.1 Å². The van der Waals surface area contributed by atoms with Gasteiger partial charge < -0.3 is 5.32 Å². The predicted octanol–water partition coefficient (Wildman–Crippen LogP) is 3.09. The molecule has 2 aromatic rings. The predicted molar refractivity (Wildman–Crippen MR) is 68.4 cm³/mol. The maximum absolute atomic E-state index is 11.1. The summed E-state index contributed by atoms with van der Waals surface area (Å²) in [6, 6.07) is 4.11. The molecule has 0 unspecified atom stereocenters. The second-order valence-corrected chi connectivity index (χ2v) is 4.90. The summed E-state index contributed by atoms with van der Waals surface area (Å²) < 4.78 is 1.08. The number of anilines is 1. The Morgan fingerprint density at radius 2 is 2.12 bits per heavy atom. The van der Waals surface area contributed by atoms with E-state index in [9.17, 15) is 4.79 Å². The molecule has 0 spiro atoms. The van der Waals surface area contributed by atoms with Gasteiger partial charge in [0.2, 0.25) is 5.91 Å². The summed E-state index contributed by atoms with van der Waals surface area (Å²) in [6.07, 6.45) is 0. The molecule has 0 fully saturated rings. The largest absolute Gasteiger partial charge is 0.301 e. The smallest absolute Gasteiger partial charge is 0.241 e. The fraction of sp³-hybridized carbons (Fsp3) is 0.273. The highest BCUT2D eigenvalue weighted by atomic mass is 35.5. The molecular formula is C11H11ClN2OS. The van der Waals surface area contributed by atoms with Gasteiger partial charge in [-0.25, -0.2) is 4.98 Å². The van der Waals surface area contributed by atoms with Crippen LogP contribution in [-0.4, -0.2) is 16.8 Å². The standard InChI is InChI=1S/C11H11ClN2OS/c1-6-3-8-9(4-7(6)2)16-11(13-8)14-10(15)5-12/h3-4H,5H2,1-2H3,(H,13,14,15). The van der Waals surface area contributed by atoms with Crippen LogP contribution in [0.2, 0.25) is 0 Å². The summed E-state index contributed by atoms with van der Waals surface area (Å²) in [5, 5.41) is 3.26. The van der Waals surface area contributed by atoms with E-state index in [1.807, 2.05) is 13.0 Å². The van der Waals surface area contributed by atoms with E-state index in [0.29, 0.717) is 5.13 Å². The zero-order chi connectivity index (χ0) is 11.7. The van der Waals surface area contributed by atoms with Crippen molar-refractivity contribution in [2.75, 3.05) is 11.2 Å². The van der Waals surface area contributed by atoms with Crippen molar-refractivity contribution >= 4 is 44.2 Å². The first kappa shape index (κ1) is 11.4. The van der Waals surface area contributed by atoms with Crippen LogP contribution in [0, 0.1) is 13.8 Å². The van der Waals surface area contributed by atoms with Gasteiger partial charge in [-0.1, -0.05) is 11.3 Å². The lowest BCUT2D eigenvalue weighted by atomic mass is 10.1. The zero-order valence-electron chi connectivity index (χ0n) is 9.00. The molecule has 1 heterocycles. The van der Waals surface area contributed by atoms with Crippen molar-refractivity contribution in [2.45, 2.75) is 13.8 Å². The van der Waals surface area contributed by atoms with Crippen molar-refractivity contribution in [1.29, 1.82) is 0 Å². The first-order valence-corrected chi connectivity index (χ1v) is 6.19. The summed E-state index contributed by atoms with van der Waals surface area (Å²) in [7, 11) is 0. The molecule has 0 radical (unpaired) electrons. The number of nitrogens with one attached hydrogen (secondary N) is 1. The molecular weight excluding hydrogens is 244 g/mol. The van der Waals surface area contributed by atoms with Crippen LogP contribution in [-0.2, 0) is 4.79 Å². The molecule has 0 aliphatic heterocycles. The Balaban J connectivity index is 2.40. The van der Waals surface area contributed by atoms with Crippen LogP contribution >= 0.6 is 22.9 Å². The fourth-order valence-electron chi connectivity index (χ4n) is 1.39. The van der Waals surface area contributed by atoms with E-state index in [2.05, 4.69) is 23.3 Å². The number of carbonyl (C=O) groups excluding carboxylic acids is 1. The van der Waals surface area contributed by atoms with Crippen LogP contribution in [0.15, 0.2) is 12.1 Å². The van der Waals surface area contributed by atoms with Crippen molar-refractivity contribution in [3.05, 3.63) is 23.3 Å². The highest BCUT2D eigenvalue weighted by Gasteiger charge is 2.07. The van der Waals surface area contributed by atoms with Gasteiger partial charge in [0.1, 0.15) is 5.88 Å². The molecule has 84 valence electrons. The van der Waals surface area contributed by atoms with Gasteiger partial charge in [-0.05, 0) is 37.1 Å². The lowest BCUT2D eigenvalue weighted by Gasteiger charge is -1.96. The molecule has 0 saturated heterocycles. The molecule has 0 atom stereocenters. The first-order chi connectivity index (χ1) is 7.60. The number of thiazole rings is 1. The minimum absolute atomic E-state index is 0.0476. The minimum atomic E-state index is -0.228. The summed E-state index contributed by atoms with van der Waals surface area (Å²) in [4.78, 5) is 15.4. The number of carbonyl (C=O) groups is 1. The summed E-state index contributed by atoms with van der Waals surface area (Å²) in [5.41, 5.74) is 3.34. The number of nitrogens with zero attached hydrogens (tertiary/aromatic N) is 1. The maximum atomic E-state index is 11.1. The molecule has 16 heavy (non-hydrogen) atoms. The second-order valence-electron chi connectivity index (χ2n) is 3.61. The number of aryl methyl sites for hydroxylation is 2. The zero-order valence-corrected chi connectivity index (χ0v) is 10.6. The van der Waals surface area contributed by atoms with Crippen molar-refractivity contribution in [1.82, 2.24) is 4.98 Å². The van der Waals surface area contributed by atoms with Crippen LogP contribution in [0.3, 0.4) is 0 Å². The number of fused-ring (bicyclic) bond motifs is 1. The van der Waals surface area contributed by atoms with Gasteiger partial charge in [-0.15, -0.1) is 11.6 Å². The topological polar surface area (TPSA) is 42.0 Å². The molecule has 0 saturated carbocycles. The summed E-state index contributed by atoms with van der Waals surface area (Å²) in [5.74, 6) is -0.275. The monoisotopic (exact) mass is 254 g/mol. The third kappa shape index (κ3) is 2.18. The summed E-state index contributed by atoms with van der Waals surface area (Å²) in [6.45, 7) is 4.11. The number of alkyl halides is 1. The van der Waals surface area contributed by atoms with Gasteiger partial charge in [-0.3, -0.25) is 4.79 Å². The Hall–Kier alpha value is -1.13. The minimum Gasteiger partial charge on any atom is -0.301 e. The fourth-order valence-corrected chi connectivity index (χ4v) is 2.41. The SMILES string of the molecule is Cc1cc2nc(NC(=O)CCl)sc2cc1C. The van der Waals surface area contributed by atoms with Gasteiger partial charge >= 0.3 is 0 Å². The Morgan fingerprint density at radius 3 is 2.81 bits per heavy atom. The second kappa shape index (κ2) is 4.39. The molecule has 0 bridgehead atoms. The molecule has 0 aliphatic rings. The molecule has 2 rings (SSSR count). The van der Waals surface area contributed by atoms with Crippen LogP contribution in [0.4, 0.5) is 5.13 Å². The van der Waals surface area contributed by atoms with Crippen LogP contribution in [0.25, 0.3) is 10.2 Å². The maximum Gasteiger partial charge on any atom is 0.241 e. The number of benzene rings is 1. The molecule has 5 heteroatoms. The van der Waals surface area contributed by atoms with Crippen LogP contribution in [0.5, 0.6) is 0 Å². The number of amides is 1. The Labute approximate surface area is 102 Å². The normalized spacial score (nSPS) is 10.7. The van der Waals surface area contributed by atoms with E-state index < -0.39 is 0 Å². The van der Waals surface area contributed by atoms with Crippen molar-refractivity contribution < 1.29 is 4.79 Å². The third-order valence-electron chi connectivity index (χ3n) is 2.37. The number of rotatable bonds is 2. The Bertz CT molecular complexity index is 511. The molecule has 1 aromatic carbocycles. The molecule has 1 amide bonds. The average Bonchev–Trinajstić information content (AvgIpc) is 2.60. The highest BCUT2D eigenvalue weighted by molar-refractivity contribution is 7.22. The van der Waals surface area contributed by atoms with Crippen molar-refractivity contribution in [3.8, 4) is 0 Å². The van der Waals surface area contributed by atoms with E-state index in [1.54, 1.807) is 0 Å². The van der Waals surface area contributed by atoms with E-state index in [-0.39, 0.29) is 11.8 Å². The van der Waals surface area contributed by atoms with Gasteiger partial charge in [0.25, 0.3) is 0 Å². The third-order valence-corrected chi connectivity index (χ3v) is 3.55. The number of hydrogen-bond acceptors (Lipinski definition) is 3. The molecule has 1 aromatic heterocycles. The average molecular weight is 255 g/mol. The van der Waals surface area contributed by atoms with E-state index in [1.165, 1.54) is 22.5 Å². The highest BCUT2D eigenvalue weighted by Crippen LogP contribution is 2.28. The van der Waals surface area contributed by atoms with Crippen LogP contribution < -0.4 is 5.32 Å². The lowest BCUT2D eigenvalue weighted by molar-refractivity contribution is -0.113. The van der Waals surface area contributed by atoms with Crippen molar-refractivity contribution in [3.63, 3.8) is 0 Å². The van der Waals surface area contributed by atoms with E-state index in [0.717, 1.165) is 10.2 Å². The van der Waals surface area contributed by atoms with Gasteiger partial charge in [0.15, 0.2) is 5.13 Å². The van der Waals surface area contributed by atoms with E-state index in [4.69, 9.17) is 11.6 Å². The first-order valence-electron chi connectivity index (χ1n) is 4.84. The van der Waals surface area contributed by atoms with Gasteiger partial charge in [0.05, 0.1) is 10.2 Å². The number of hydrogen-bond donors (Lipinski definition) is 1. The molecule has 1 N–H and O–H groups in total. The number of aromatic nitrogens is 1. The molecule has 3 nitrogen and oxygen atoms in total. The van der Waals surface area contributed by atoms with Crippen molar-refractivity contribution in [2.24, 2.45) is 0 Å². The number of halogens is 1.